The van der Waals surface area contributed by atoms with Crippen LogP contribution in [0.1, 0.15) is 12.5 Å². The number of nitrogens with one attached hydrogen (secondary N) is 1. The highest BCUT2D eigenvalue weighted by Gasteiger charge is 2.14. The van der Waals surface area contributed by atoms with Crippen LogP contribution in [0, 0.1) is 11.3 Å². The van der Waals surface area contributed by atoms with Crippen LogP contribution in [0.25, 0.3) is 6.08 Å². The topological polar surface area (TPSA) is 97.6 Å². The molecule has 2 rings (SSSR count). The monoisotopic (exact) mass is 414 g/mol. The van der Waals surface area contributed by atoms with Crippen molar-refractivity contribution in [1.82, 2.24) is 0 Å². The smallest absolute Gasteiger partial charge is 0.349 e. The summed E-state index contributed by atoms with van der Waals surface area (Å²) >= 11 is 5.91. The molecule has 1 amide bonds. The van der Waals surface area contributed by atoms with Gasteiger partial charge in [0.15, 0.2) is 6.61 Å². The van der Waals surface area contributed by atoms with Gasteiger partial charge in [0.05, 0.1) is 19.4 Å². The standard InChI is InChI=1S/C21H19ClN2O5/c1-3-28-17-7-4-14(5-8-17)10-15(12-23)21(26)29-13-20(25)24-18-11-16(22)6-9-19(18)27-2/h4-11H,3,13H2,1-2H3,(H,24,25)/b15-10+. The molecule has 0 spiro atoms. The summed E-state index contributed by atoms with van der Waals surface area (Å²) in [7, 11) is 1.45. The van der Waals surface area contributed by atoms with Gasteiger partial charge >= 0.3 is 5.97 Å². The highest BCUT2D eigenvalue weighted by Crippen LogP contribution is 2.27. The van der Waals surface area contributed by atoms with Crippen LogP contribution in [-0.4, -0.2) is 32.2 Å². The summed E-state index contributed by atoms with van der Waals surface area (Å²) in [5, 5.41) is 12.2. The molecule has 0 aliphatic carbocycles. The van der Waals surface area contributed by atoms with Crippen LogP contribution < -0.4 is 14.8 Å². The molecule has 8 heteroatoms. The number of esters is 1. The highest BCUT2D eigenvalue weighted by atomic mass is 35.5. The van der Waals surface area contributed by atoms with Gasteiger partial charge in [-0.3, -0.25) is 4.79 Å². The molecular formula is C21H19ClN2O5. The Labute approximate surface area is 173 Å². The van der Waals surface area contributed by atoms with Crippen LogP contribution in [0.15, 0.2) is 48.0 Å². The van der Waals surface area contributed by atoms with Gasteiger partial charge in [0, 0.05) is 5.02 Å². The van der Waals surface area contributed by atoms with E-state index in [1.807, 2.05) is 6.92 Å². The predicted molar refractivity (Wildman–Crippen MR) is 109 cm³/mol. The molecule has 7 nitrogen and oxygen atoms in total. The van der Waals surface area contributed by atoms with Crippen LogP contribution in [0.2, 0.25) is 5.02 Å². The zero-order valence-electron chi connectivity index (χ0n) is 15.9. The first kappa shape index (κ1) is 21.8. The lowest BCUT2D eigenvalue weighted by atomic mass is 10.1. The molecule has 0 atom stereocenters. The van der Waals surface area contributed by atoms with E-state index >= 15 is 0 Å². The number of anilines is 1. The number of halogens is 1. The van der Waals surface area contributed by atoms with E-state index in [4.69, 9.17) is 25.8 Å². The van der Waals surface area contributed by atoms with Crippen LogP contribution in [0.4, 0.5) is 5.69 Å². The van der Waals surface area contributed by atoms with E-state index in [0.29, 0.717) is 34.4 Å². The third-order valence-electron chi connectivity index (χ3n) is 3.61. The summed E-state index contributed by atoms with van der Waals surface area (Å²) in [5.74, 6) is -0.423. The number of benzene rings is 2. The molecule has 2 aromatic carbocycles. The lowest BCUT2D eigenvalue weighted by Crippen LogP contribution is -2.21. The van der Waals surface area contributed by atoms with Gasteiger partial charge in [0.1, 0.15) is 23.1 Å². The number of hydrogen-bond donors (Lipinski definition) is 1. The fourth-order valence-electron chi connectivity index (χ4n) is 2.30. The number of amides is 1. The zero-order valence-corrected chi connectivity index (χ0v) is 16.7. The third-order valence-corrected chi connectivity index (χ3v) is 3.85. The summed E-state index contributed by atoms with van der Waals surface area (Å²) in [5.41, 5.74) is 0.726. The molecule has 0 heterocycles. The number of ether oxygens (including phenoxy) is 3. The van der Waals surface area contributed by atoms with E-state index in [1.165, 1.54) is 19.3 Å². The van der Waals surface area contributed by atoms with Gasteiger partial charge in [-0.05, 0) is 48.9 Å². The van der Waals surface area contributed by atoms with Gasteiger partial charge in [-0.25, -0.2) is 4.79 Å². The minimum atomic E-state index is -0.908. The second-order valence-corrected chi connectivity index (χ2v) is 6.08. The van der Waals surface area contributed by atoms with E-state index in [9.17, 15) is 14.9 Å². The number of hydrogen-bond acceptors (Lipinski definition) is 6. The second-order valence-electron chi connectivity index (χ2n) is 5.64. The van der Waals surface area contributed by atoms with Crippen molar-refractivity contribution in [1.29, 1.82) is 5.26 Å². The summed E-state index contributed by atoms with van der Waals surface area (Å²) in [4.78, 5) is 24.2. The molecule has 0 bridgehead atoms. The molecule has 0 saturated heterocycles. The number of carbonyl (C=O) groups excluding carboxylic acids is 2. The Kier molecular flexibility index (Phi) is 8.07. The molecule has 1 N–H and O–H groups in total. The predicted octanol–water partition coefficient (Wildman–Crippen LogP) is 3.84. The van der Waals surface area contributed by atoms with E-state index in [0.717, 1.165) is 0 Å². The Hall–Kier alpha value is -3.50. The van der Waals surface area contributed by atoms with E-state index in [2.05, 4.69) is 5.32 Å². The Morgan fingerprint density at radius 1 is 1.21 bits per heavy atom. The summed E-state index contributed by atoms with van der Waals surface area (Å²) in [6.45, 7) is 1.83. The second kappa shape index (κ2) is 10.7. The van der Waals surface area contributed by atoms with Crippen LogP contribution in [-0.2, 0) is 14.3 Å². The number of nitrogens with zero attached hydrogens (tertiary/aromatic N) is 1. The van der Waals surface area contributed by atoms with Crippen molar-refractivity contribution >= 4 is 35.2 Å². The van der Waals surface area contributed by atoms with Gasteiger partial charge in [-0.1, -0.05) is 23.7 Å². The van der Waals surface area contributed by atoms with Crippen molar-refractivity contribution in [3.63, 3.8) is 0 Å². The quantitative estimate of drug-likeness (QED) is 0.400. The van der Waals surface area contributed by atoms with Crippen molar-refractivity contribution in [2.24, 2.45) is 0 Å². The number of carbonyl (C=O) groups is 2. The van der Waals surface area contributed by atoms with Crippen LogP contribution in [0.5, 0.6) is 11.5 Å². The van der Waals surface area contributed by atoms with Crippen LogP contribution >= 0.6 is 11.6 Å². The molecule has 150 valence electrons. The molecule has 0 saturated carbocycles. The zero-order chi connectivity index (χ0) is 21.2. The average molecular weight is 415 g/mol. The molecule has 0 aromatic heterocycles. The number of rotatable bonds is 8. The van der Waals surface area contributed by atoms with Gasteiger partial charge in [0.2, 0.25) is 0 Å². The van der Waals surface area contributed by atoms with Crippen molar-refractivity contribution < 1.29 is 23.8 Å². The molecule has 0 fully saturated rings. The van der Waals surface area contributed by atoms with E-state index in [1.54, 1.807) is 42.5 Å². The minimum absolute atomic E-state index is 0.234. The normalized spacial score (nSPS) is 10.6. The lowest BCUT2D eigenvalue weighted by molar-refractivity contribution is -0.142. The molecular weight excluding hydrogens is 396 g/mol. The molecule has 0 radical (unpaired) electrons. The Bertz CT molecular complexity index is 949. The molecule has 0 aliphatic rings. The van der Waals surface area contributed by atoms with Crippen molar-refractivity contribution in [3.8, 4) is 17.6 Å². The largest absolute Gasteiger partial charge is 0.495 e. The first-order valence-corrected chi connectivity index (χ1v) is 8.99. The summed E-state index contributed by atoms with van der Waals surface area (Å²) in [6.07, 6.45) is 1.37. The Morgan fingerprint density at radius 3 is 2.55 bits per heavy atom. The number of nitriles is 1. The Morgan fingerprint density at radius 2 is 1.93 bits per heavy atom. The molecule has 0 unspecified atom stereocenters. The van der Waals surface area contributed by atoms with Crippen molar-refractivity contribution in [3.05, 3.63) is 58.6 Å². The van der Waals surface area contributed by atoms with Gasteiger partial charge in [-0.15, -0.1) is 0 Å². The van der Waals surface area contributed by atoms with E-state index in [-0.39, 0.29) is 5.57 Å². The summed E-state index contributed by atoms with van der Waals surface area (Å²) in [6, 6.07) is 13.3. The third kappa shape index (κ3) is 6.55. The van der Waals surface area contributed by atoms with Gasteiger partial charge in [0.25, 0.3) is 5.91 Å². The minimum Gasteiger partial charge on any atom is -0.495 e. The fourth-order valence-corrected chi connectivity index (χ4v) is 2.48. The highest BCUT2D eigenvalue weighted by molar-refractivity contribution is 6.31. The molecule has 0 aliphatic heterocycles. The Balaban J connectivity index is 1.98. The first-order chi connectivity index (χ1) is 14.0. The average Bonchev–Trinajstić information content (AvgIpc) is 2.72. The first-order valence-electron chi connectivity index (χ1n) is 8.62. The maximum atomic E-state index is 12.1. The van der Waals surface area contributed by atoms with Crippen molar-refractivity contribution in [2.45, 2.75) is 6.92 Å². The lowest BCUT2D eigenvalue weighted by Gasteiger charge is -2.10. The SMILES string of the molecule is CCOc1ccc(/C=C(\C#N)C(=O)OCC(=O)Nc2cc(Cl)ccc2OC)cc1. The number of methoxy groups -OCH3 is 1. The molecule has 2 aromatic rings. The fraction of sp³-hybridized carbons (Fsp3) is 0.190. The maximum absolute atomic E-state index is 12.1. The van der Waals surface area contributed by atoms with Gasteiger partial charge in [-0.2, -0.15) is 5.26 Å². The summed E-state index contributed by atoms with van der Waals surface area (Å²) < 4.78 is 15.4. The van der Waals surface area contributed by atoms with Crippen LogP contribution in [0.3, 0.4) is 0 Å². The maximum Gasteiger partial charge on any atom is 0.349 e. The van der Waals surface area contributed by atoms with Crippen molar-refractivity contribution in [2.75, 3.05) is 25.6 Å². The van der Waals surface area contributed by atoms with Gasteiger partial charge < -0.3 is 19.5 Å². The van der Waals surface area contributed by atoms with E-state index < -0.39 is 18.5 Å². The molecule has 29 heavy (non-hydrogen) atoms.